The van der Waals surface area contributed by atoms with Gasteiger partial charge in [-0.15, -0.1) is 0 Å². The maximum Gasteiger partial charge on any atom is 0.164 e. The number of ether oxygens (including phenoxy) is 6. The SMILES string of the molecule is COc1cc(OCc2cccc(-c3cccc(COc4cc(C)c(OC)c(OC)c4)c3C)c2C)cc(OC)c1C=O. The molecule has 0 radical (unpaired) electrons. The third-order valence-corrected chi connectivity index (χ3v) is 7.24. The summed E-state index contributed by atoms with van der Waals surface area (Å²) in [5.41, 5.74) is 7.94. The van der Waals surface area contributed by atoms with Crippen molar-refractivity contribution in [2.45, 2.75) is 34.0 Å². The van der Waals surface area contributed by atoms with Gasteiger partial charge < -0.3 is 28.4 Å². The molecular formula is C34H36O7. The molecule has 214 valence electrons. The second-order valence-electron chi connectivity index (χ2n) is 9.59. The van der Waals surface area contributed by atoms with Gasteiger partial charge in [-0.3, -0.25) is 4.79 Å². The smallest absolute Gasteiger partial charge is 0.164 e. The van der Waals surface area contributed by atoms with Crippen molar-refractivity contribution in [3.05, 3.63) is 94.0 Å². The van der Waals surface area contributed by atoms with Gasteiger partial charge in [0.25, 0.3) is 0 Å². The average Bonchev–Trinajstić information content (AvgIpc) is 2.99. The molecule has 0 aliphatic rings. The van der Waals surface area contributed by atoms with Gasteiger partial charge in [-0.05, 0) is 65.8 Å². The second kappa shape index (κ2) is 13.1. The van der Waals surface area contributed by atoms with Crippen molar-refractivity contribution >= 4 is 6.29 Å². The molecule has 0 fully saturated rings. The fraction of sp³-hybridized carbons (Fsp3) is 0.265. The number of rotatable bonds is 12. The molecule has 0 unspecified atom stereocenters. The Morgan fingerprint density at radius 1 is 0.610 bits per heavy atom. The van der Waals surface area contributed by atoms with E-state index in [0.717, 1.165) is 44.7 Å². The Bertz CT molecular complexity index is 1520. The zero-order chi connectivity index (χ0) is 29.5. The number of hydrogen-bond donors (Lipinski definition) is 0. The van der Waals surface area contributed by atoms with Crippen LogP contribution in [0, 0.1) is 20.8 Å². The van der Waals surface area contributed by atoms with Crippen LogP contribution < -0.4 is 28.4 Å². The monoisotopic (exact) mass is 556 g/mol. The largest absolute Gasteiger partial charge is 0.496 e. The average molecular weight is 557 g/mol. The third kappa shape index (κ3) is 6.24. The van der Waals surface area contributed by atoms with Crippen molar-refractivity contribution in [2.75, 3.05) is 28.4 Å². The van der Waals surface area contributed by atoms with Crippen LogP contribution in [-0.4, -0.2) is 34.7 Å². The van der Waals surface area contributed by atoms with E-state index in [1.807, 2.05) is 25.1 Å². The minimum absolute atomic E-state index is 0.340. The van der Waals surface area contributed by atoms with Crippen molar-refractivity contribution in [2.24, 2.45) is 0 Å². The first kappa shape index (κ1) is 29.3. The molecule has 7 nitrogen and oxygen atoms in total. The fourth-order valence-electron chi connectivity index (χ4n) is 4.91. The lowest BCUT2D eigenvalue weighted by Crippen LogP contribution is -2.03. The number of carbonyl (C=O) groups is 1. The van der Waals surface area contributed by atoms with Crippen molar-refractivity contribution in [3.63, 3.8) is 0 Å². The molecule has 0 bridgehead atoms. The van der Waals surface area contributed by atoms with Gasteiger partial charge in [-0.1, -0.05) is 36.4 Å². The van der Waals surface area contributed by atoms with Crippen LogP contribution in [0.25, 0.3) is 11.1 Å². The first-order chi connectivity index (χ1) is 19.8. The van der Waals surface area contributed by atoms with Gasteiger partial charge in [0.05, 0.1) is 34.0 Å². The highest BCUT2D eigenvalue weighted by Gasteiger charge is 2.16. The van der Waals surface area contributed by atoms with Gasteiger partial charge in [0.15, 0.2) is 17.8 Å². The fourth-order valence-corrected chi connectivity index (χ4v) is 4.91. The Morgan fingerprint density at radius 3 is 1.51 bits per heavy atom. The number of aldehydes is 1. The summed E-state index contributed by atoms with van der Waals surface area (Å²) in [4.78, 5) is 11.5. The highest BCUT2D eigenvalue weighted by Crippen LogP contribution is 2.37. The van der Waals surface area contributed by atoms with Crippen LogP contribution in [0.4, 0.5) is 0 Å². The van der Waals surface area contributed by atoms with E-state index in [9.17, 15) is 4.79 Å². The molecule has 4 aromatic rings. The maximum atomic E-state index is 11.5. The lowest BCUT2D eigenvalue weighted by Gasteiger charge is -2.18. The minimum Gasteiger partial charge on any atom is -0.496 e. The van der Waals surface area contributed by atoms with Crippen LogP contribution in [0.2, 0.25) is 0 Å². The van der Waals surface area contributed by atoms with Gasteiger partial charge in [0, 0.05) is 18.2 Å². The van der Waals surface area contributed by atoms with Crippen LogP contribution >= 0.6 is 0 Å². The van der Waals surface area contributed by atoms with Crippen LogP contribution in [-0.2, 0) is 13.2 Å². The normalized spacial score (nSPS) is 10.6. The standard InChI is InChI=1S/C34H36O7/c1-21-14-26(17-33(38-6)34(21)39-7)40-19-24-10-8-12-28(22(24)2)29-13-9-11-25(23(29)3)20-41-27-15-31(36-4)30(18-35)32(16-27)37-5/h8-18H,19-20H2,1-7H3. The van der Waals surface area contributed by atoms with Crippen LogP contribution in [0.15, 0.2) is 60.7 Å². The number of aryl methyl sites for hydroxylation is 1. The molecule has 41 heavy (non-hydrogen) atoms. The molecule has 0 aliphatic carbocycles. The first-order valence-corrected chi connectivity index (χ1v) is 13.2. The molecule has 0 saturated carbocycles. The maximum absolute atomic E-state index is 11.5. The Morgan fingerprint density at radius 2 is 1.07 bits per heavy atom. The number of hydrogen-bond acceptors (Lipinski definition) is 7. The summed E-state index contributed by atoms with van der Waals surface area (Å²) in [6.07, 6.45) is 0.714. The van der Waals surface area contributed by atoms with E-state index in [4.69, 9.17) is 28.4 Å². The van der Waals surface area contributed by atoms with Gasteiger partial charge >= 0.3 is 0 Å². The van der Waals surface area contributed by atoms with E-state index in [-0.39, 0.29) is 0 Å². The third-order valence-electron chi connectivity index (χ3n) is 7.24. The van der Waals surface area contributed by atoms with Crippen molar-refractivity contribution in [3.8, 4) is 45.6 Å². The molecule has 7 heteroatoms. The van der Waals surface area contributed by atoms with Gasteiger partial charge in [0.1, 0.15) is 36.2 Å². The molecule has 0 N–H and O–H groups in total. The number of benzene rings is 4. The molecule has 0 saturated heterocycles. The molecule has 0 spiro atoms. The van der Waals surface area contributed by atoms with E-state index in [1.165, 1.54) is 14.2 Å². The van der Waals surface area contributed by atoms with E-state index >= 15 is 0 Å². The number of methoxy groups -OCH3 is 4. The Labute approximate surface area is 241 Å². The predicted octanol–water partition coefficient (Wildman–Crippen LogP) is 7.28. The Balaban J connectivity index is 1.56. The van der Waals surface area contributed by atoms with Gasteiger partial charge in [-0.2, -0.15) is 0 Å². The summed E-state index contributed by atoms with van der Waals surface area (Å²) in [5.74, 6) is 3.41. The van der Waals surface area contributed by atoms with Crippen molar-refractivity contribution in [1.82, 2.24) is 0 Å². The lowest BCUT2D eigenvalue weighted by atomic mass is 9.92. The minimum atomic E-state index is 0.340. The summed E-state index contributed by atoms with van der Waals surface area (Å²) >= 11 is 0. The van der Waals surface area contributed by atoms with E-state index in [2.05, 4.69) is 44.2 Å². The van der Waals surface area contributed by atoms with Crippen LogP contribution in [0.3, 0.4) is 0 Å². The molecule has 0 heterocycles. The van der Waals surface area contributed by atoms with Crippen molar-refractivity contribution in [1.29, 1.82) is 0 Å². The summed E-state index contributed by atoms with van der Waals surface area (Å²) in [6.45, 7) is 6.93. The van der Waals surface area contributed by atoms with Gasteiger partial charge in [-0.25, -0.2) is 0 Å². The molecule has 0 aliphatic heterocycles. The van der Waals surface area contributed by atoms with Crippen molar-refractivity contribution < 1.29 is 33.2 Å². The molecular weight excluding hydrogens is 520 g/mol. The van der Waals surface area contributed by atoms with Gasteiger partial charge in [0.2, 0.25) is 0 Å². The zero-order valence-electron chi connectivity index (χ0n) is 24.6. The molecule has 0 aromatic heterocycles. The molecule has 4 aromatic carbocycles. The van der Waals surface area contributed by atoms with Crippen LogP contribution in [0.5, 0.6) is 34.5 Å². The predicted molar refractivity (Wildman–Crippen MR) is 159 cm³/mol. The van der Waals surface area contributed by atoms with E-state index in [1.54, 1.807) is 26.4 Å². The summed E-state index contributed by atoms with van der Waals surface area (Å²) in [6, 6.07) is 19.6. The lowest BCUT2D eigenvalue weighted by molar-refractivity contribution is 0.111. The molecule has 4 rings (SSSR count). The molecule has 0 atom stereocenters. The first-order valence-electron chi connectivity index (χ1n) is 13.2. The highest BCUT2D eigenvalue weighted by atomic mass is 16.5. The second-order valence-corrected chi connectivity index (χ2v) is 9.59. The Kier molecular flexibility index (Phi) is 9.40. The van der Waals surface area contributed by atoms with E-state index < -0.39 is 0 Å². The number of carbonyl (C=O) groups excluding carboxylic acids is 1. The topological polar surface area (TPSA) is 72.5 Å². The van der Waals surface area contributed by atoms with Crippen LogP contribution in [0.1, 0.15) is 38.2 Å². The molecule has 0 amide bonds. The summed E-state index contributed by atoms with van der Waals surface area (Å²) < 4.78 is 33.9. The summed E-state index contributed by atoms with van der Waals surface area (Å²) in [7, 11) is 6.27. The summed E-state index contributed by atoms with van der Waals surface area (Å²) in [5, 5.41) is 0. The quantitative estimate of drug-likeness (QED) is 0.170. The Hall–Kier alpha value is -4.65. The zero-order valence-corrected chi connectivity index (χ0v) is 24.6. The van der Waals surface area contributed by atoms with E-state index in [0.29, 0.717) is 53.8 Å². The highest BCUT2D eigenvalue weighted by molar-refractivity contribution is 5.84.